The summed E-state index contributed by atoms with van der Waals surface area (Å²) in [5.41, 5.74) is 1.21. The molecule has 128 valence electrons. The van der Waals surface area contributed by atoms with Crippen molar-refractivity contribution in [2.24, 2.45) is 5.90 Å². The normalized spacial score (nSPS) is 10.4. The van der Waals surface area contributed by atoms with E-state index < -0.39 is 0 Å². The smallest absolute Gasteiger partial charge is 0.166 e. The quantitative estimate of drug-likeness (QED) is 0.217. The van der Waals surface area contributed by atoms with Gasteiger partial charge in [-0.15, -0.1) is 9.32 Å². The molecule has 2 aromatic carbocycles. The summed E-state index contributed by atoms with van der Waals surface area (Å²) in [4.78, 5) is 15.9. The number of carbonyl (C=O) groups is 1. The van der Waals surface area contributed by atoms with Crippen molar-refractivity contribution in [1.29, 1.82) is 0 Å². The molecule has 0 atom stereocenters. The first-order valence-corrected chi connectivity index (χ1v) is 8.32. The van der Waals surface area contributed by atoms with Gasteiger partial charge in [0.05, 0.1) is 22.6 Å². The van der Waals surface area contributed by atoms with Crippen LogP contribution in [0.25, 0.3) is 0 Å². The molecule has 6 nitrogen and oxygen atoms in total. The van der Waals surface area contributed by atoms with Crippen LogP contribution >= 0.6 is 12.0 Å². The summed E-state index contributed by atoms with van der Waals surface area (Å²) in [7, 11) is 0. The summed E-state index contributed by atoms with van der Waals surface area (Å²) in [5.74, 6) is 6.13. The lowest BCUT2D eigenvalue weighted by Crippen LogP contribution is -2.04. The van der Waals surface area contributed by atoms with Crippen LogP contribution in [-0.4, -0.2) is 12.8 Å². The lowest BCUT2D eigenvalue weighted by Gasteiger charge is -2.16. The molecule has 3 N–H and O–H groups in total. The third-order valence-corrected chi connectivity index (χ3v) is 3.81. The minimum Gasteiger partial charge on any atom is -0.454 e. The number of rotatable bonds is 10. The van der Waals surface area contributed by atoms with Crippen molar-refractivity contribution in [2.45, 2.75) is 24.7 Å². The van der Waals surface area contributed by atoms with Crippen molar-refractivity contribution in [1.82, 2.24) is 0 Å². The van der Waals surface area contributed by atoms with Crippen molar-refractivity contribution in [3.8, 4) is 11.5 Å². The number of nitrogens with two attached hydrogens (primary N) is 1. The van der Waals surface area contributed by atoms with Crippen LogP contribution in [0.2, 0.25) is 0 Å². The van der Waals surface area contributed by atoms with Gasteiger partial charge in [0.1, 0.15) is 12.0 Å². The van der Waals surface area contributed by atoms with Crippen LogP contribution < -0.4 is 16.0 Å². The zero-order valence-corrected chi connectivity index (χ0v) is 14.2. The Labute approximate surface area is 145 Å². The minimum absolute atomic E-state index is 0.498. The summed E-state index contributed by atoms with van der Waals surface area (Å²) in [6, 6.07) is 12.8. The van der Waals surface area contributed by atoms with Crippen LogP contribution in [0.15, 0.2) is 47.4 Å². The monoisotopic (exact) mass is 348 g/mol. The standard InChI is InChI=1S/C17H20N2O4S/c1-2-3-9-19-15-10-13(12-20)11-16(24-23-22-18)17(15)21-14-7-5-4-6-8-14/h4-8,10-12,19H,2-3,9,18H2,1H3. The number of aldehydes is 1. The Morgan fingerprint density at radius 1 is 1.25 bits per heavy atom. The SMILES string of the molecule is CCCCNc1cc(C=O)cc(SOON)c1Oc1ccccc1. The number of hydrogen-bond acceptors (Lipinski definition) is 7. The zero-order chi connectivity index (χ0) is 17.2. The van der Waals surface area contributed by atoms with Gasteiger partial charge >= 0.3 is 0 Å². The van der Waals surface area contributed by atoms with Gasteiger partial charge in [-0.3, -0.25) is 4.79 Å². The van der Waals surface area contributed by atoms with Crippen LogP contribution in [0, 0.1) is 0 Å². The predicted molar refractivity (Wildman–Crippen MR) is 94.0 cm³/mol. The van der Waals surface area contributed by atoms with Gasteiger partial charge in [-0.05, 0) is 30.7 Å². The van der Waals surface area contributed by atoms with Gasteiger partial charge in [0, 0.05) is 12.1 Å². The zero-order valence-electron chi connectivity index (χ0n) is 13.4. The Bertz CT molecular complexity index is 653. The van der Waals surface area contributed by atoms with Gasteiger partial charge in [-0.25, -0.2) is 0 Å². The molecule has 0 radical (unpaired) electrons. The Hall–Kier alpha value is -2.06. The molecule has 0 aliphatic heterocycles. The average Bonchev–Trinajstić information content (AvgIpc) is 2.62. The fraction of sp³-hybridized carbons (Fsp3) is 0.235. The highest BCUT2D eigenvalue weighted by atomic mass is 32.2. The van der Waals surface area contributed by atoms with E-state index in [2.05, 4.69) is 17.2 Å². The van der Waals surface area contributed by atoms with Crippen molar-refractivity contribution in [3.63, 3.8) is 0 Å². The van der Waals surface area contributed by atoms with Crippen LogP contribution in [-0.2, 0) is 9.32 Å². The third kappa shape index (κ3) is 5.24. The Morgan fingerprint density at radius 3 is 2.71 bits per heavy atom. The van der Waals surface area contributed by atoms with E-state index in [0.29, 0.717) is 27.6 Å². The second-order valence-corrected chi connectivity index (χ2v) is 5.70. The molecule has 0 unspecified atom stereocenters. The van der Waals surface area contributed by atoms with Gasteiger partial charge in [0.25, 0.3) is 0 Å². The number of carbonyl (C=O) groups excluding carboxylic acids is 1. The summed E-state index contributed by atoms with van der Waals surface area (Å²) in [6.07, 6.45) is 2.83. The van der Waals surface area contributed by atoms with Crippen LogP contribution in [0.5, 0.6) is 11.5 Å². The molecule has 2 rings (SSSR count). The second kappa shape index (κ2) is 9.94. The van der Waals surface area contributed by atoms with Crippen molar-refractivity contribution in [2.75, 3.05) is 11.9 Å². The van der Waals surface area contributed by atoms with Gasteiger partial charge in [0.2, 0.25) is 0 Å². The maximum atomic E-state index is 11.2. The van der Waals surface area contributed by atoms with Gasteiger partial charge in [0.15, 0.2) is 5.75 Å². The maximum absolute atomic E-state index is 11.2. The minimum atomic E-state index is 0.498. The van der Waals surface area contributed by atoms with Gasteiger partial charge in [-0.1, -0.05) is 31.5 Å². The molecule has 0 amide bonds. The topological polar surface area (TPSA) is 82.8 Å². The largest absolute Gasteiger partial charge is 0.454 e. The summed E-state index contributed by atoms with van der Waals surface area (Å²) in [5, 5.41) is 3.30. The number of nitrogens with one attached hydrogen (secondary N) is 1. The molecule has 0 fully saturated rings. The van der Waals surface area contributed by atoms with E-state index in [4.69, 9.17) is 15.0 Å². The number of anilines is 1. The van der Waals surface area contributed by atoms with Gasteiger partial charge < -0.3 is 10.1 Å². The Kier molecular flexibility index (Phi) is 7.57. The van der Waals surface area contributed by atoms with Crippen LogP contribution in [0.3, 0.4) is 0 Å². The highest BCUT2D eigenvalue weighted by Crippen LogP contribution is 2.40. The lowest BCUT2D eigenvalue weighted by atomic mass is 10.2. The molecule has 0 aromatic heterocycles. The van der Waals surface area contributed by atoms with E-state index in [1.165, 1.54) is 0 Å². The maximum Gasteiger partial charge on any atom is 0.166 e. The molecular formula is C17H20N2O4S. The number of para-hydroxylation sites is 1. The highest BCUT2D eigenvalue weighted by Gasteiger charge is 2.15. The van der Waals surface area contributed by atoms with E-state index in [9.17, 15) is 4.79 Å². The summed E-state index contributed by atoms with van der Waals surface area (Å²) in [6.45, 7) is 2.88. The Balaban J connectivity index is 2.37. The van der Waals surface area contributed by atoms with Crippen LogP contribution in [0.1, 0.15) is 30.1 Å². The molecule has 0 aliphatic rings. The van der Waals surface area contributed by atoms with Gasteiger partial charge in [-0.2, -0.15) is 5.90 Å². The number of ether oxygens (including phenoxy) is 1. The predicted octanol–water partition coefficient (Wildman–Crippen LogP) is 4.33. The molecule has 0 saturated heterocycles. The first-order valence-electron chi connectivity index (χ1n) is 7.58. The van der Waals surface area contributed by atoms with E-state index in [1.807, 2.05) is 30.3 Å². The second-order valence-electron chi connectivity index (χ2n) is 4.96. The molecule has 0 saturated carbocycles. The summed E-state index contributed by atoms with van der Waals surface area (Å²) < 4.78 is 10.7. The van der Waals surface area contributed by atoms with Crippen molar-refractivity contribution in [3.05, 3.63) is 48.0 Å². The fourth-order valence-corrected chi connectivity index (χ4v) is 2.58. The van der Waals surface area contributed by atoms with E-state index in [-0.39, 0.29) is 0 Å². The van der Waals surface area contributed by atoms with Crippen molar-refractivity contribution >= 4 is 24.0 Å². The first kappa shape index (κ1) is 18.3. The Morgan fingerprint density at radius 2 is 2.04 bits per heavy atom. The number of unbranched alkanes of at least 4 members (excludes halogenated alkanes) is 1. The molecule has 2 aromatic rings. The third-order valence-electron chi connectivity index (χ3n) is 3.19. The summed E-state index contributed by atoms with van der Waals surface area (Å²) >= 11 is 0.878. The van der Waals surface area contributed by atoms with E-state index >= 15 is 0 Å². The molecule has 0 heterocycles. The lowest BCUT2D eigenvalue weighted by molar-refractivity contribution is -0.195. The highest BCUT2D eigenvalue weighted by molar-refractivity contribution is 7.94. The van der Waals surface area contributed by atoms with E-state index in [0.717, 1.165) is 37.7 Å². The molecule has 0 bridgehead atoms. The molecule has 0 spiro atoms. The van der Waals surface area contributed by atoms with E-state index in [1.54, 1.807) is 12.1 Å². The van der Waals surface area contributed by atoms with Crippen LogP contribution in [0.4, 0.5) is 5.69 Å². The average molecular weight is 348 g/mol. The van der Waals surface area contributed by atoms with Crippen molar-refractivity contribution < 1.29 is 18.9 Å². The number of benzene rings is 2. The first-order chi connectivity index (χ1) is 11.8. The molecule has 24 heavy (non-hydrogen) atoms. The molecular weight excluding hydrogens is 328 g/mol. The molecule has 7 heteroatoms. The fourth-order valence-electron chi connectivity index (χ4n) is 2.05. The number of hydrogen-bond donors (Lipinski definition) is 2. The molecule has 0 aliphatic carbocycles.